The number of ketones is 1. The Morgan fingerprint density at radius 3 is 2.38 bits per heavy atom. The summed E-state index contributed by atoms with van der Waals surface area (Å²) in [5.74, 6) is -1.43. The van der Waals surface area contributed by atoms with E-state index in [1.54, 1.807) is 36.4 Å². The first-order valence-corrected chi connectivity index (χ1v) is 11.2. The molecule has 1 aliphatic rings. The second kappa shape index (κ2) is 9.91. The maximum absolute atomic E-state index is 13.4. The highest BCUT2D eigenvalue weighted by Gasteiger charge is 2.46. The Hall–Kier alpha value is -3.93. The number of Topliss-reactive ketones (excluding diaryl/α,β-unsaturated/α-hetero) is 1. The number of aryl methyl sites for hydroxylation is 1. The first-order valence-electron chi connectivity index (χ1n) is 11.2. The minimum absolute atomic E-state index is 0.0277. The average Bonchev–Trinajstić information content (AvgIpc) is 3.09. The molecule has 0 aromatic heterocycles. The van der Waals surface area contributed by atoms with Crippen molar-refractivity contribution < 1.29 is 23.8 Å². The van der Waals surface area contributed by atoms with E-state index in [1.807, 2.05) is 38.1 Å². The van der Waals surface area contributed by atoms with Gasteiger partial charge < -0.3 is 14.7 Å². The Kier molecular flexibility index (Phi) is 6.77. The highest BCUT2D eigenvalue weighted by molar-refractivity contribution is 6.46. The fourth-order valence-corrected chi connectivity index (χ4v) is 4.10. The summed E-state index contributed by atoms with van der Waals surface area (Å²) in [5, 5.41) is 11.2. The van der Waals surface area contributed by atoms with E-state index >= 15 is 0 Å². The quantitative estimate of drug-likeness (QED) is 0.286. The number of aliphatic hydroxyl groups excluding tert-OH is 1. The molecule has 0 aliphatic carbocycles. The van der Waals surface area contributed by atoms with Crippen molar-refractivity contribution in [1.82, 2.24) is 4.90 Å². The van der Waals surface area contributed by atoms with Gasteiger partial charge in [0, 0.05) is 12.1 Å². The molecule has 1 saturated heterocycles. The van der Waals surface area contributed by atoms with Crippen LogP contribution in [0.4, 0.5) is 4.39 Å². The predicted molar refractivity (Wildman–Crippen MR) is 128 cm³/mol. The number of hydrogen-bond donors (Lipinski definition) is 1. The molecular formula is C28H26FNO4. The van der Waals surface area contributed by atoms with Crippen LogP contribution in [0, 0.1) is 12.7 Å². The molecule has 174 valence electrons. The minimum Gasteiger partial charge on any atom is -0.507 e. The number of carbonyl (C=O) groups excluding carboxylic acids is 2. The van der Waals surface area contributed by atoms with Gasteiger partial charge in [-0.1, -0.05) is 48.9 Å². The number of nitrogens with zero attached hydrogens (tertiary/aromatic N) is 1. The molecule has 1 fully saturated rings. The Balaban J connectivity index is 1.78. The van der Waals surface area contributed by atoms with Crippen LogP contribution in [0.3, 0.4) is 0 Å². The fraction of sp³-hybridized carbons (Fsp3) is 0.214. The van der Waals surface area contributed by atoms with Crippen LogP contribution in [0.5, 0.6) is 5.75 Å². The number of benzene rings is 3. The van der Waals surface area contributed by atoms with Gasteiger partial charge in [0.05, 0.1) is 18.2 Å². The molecular weight excluding hydrogens is 433 g/mol. The number of carbonyl (C=O) groups is 2. The number of ether oxygens (including phenoxy) is 1. The van der Waals surface area contributed by atoms with Crippen LogP contribution in [0.1, 0.15) is 41.6 Å². The monoisotopic (exact) mass is 459 g/mol. The lowest BCUT2D eigenvalue weighted by atomic mass is 9.94. The van der Waals surface area contributed by atoms with Gasteiger partial charge in [0.1, 0.15) is 17.3 Å². The normalized spacial score (nSPS) is 17.3. The SMILES string of the molecule is CCCOc1ccc(/C(O)=C2/C(=O)C(=O)N(Cc3ccc(F)cc3)C2c2cccc(C)c2)cc1. The van der Waals surface area contributed by atoms with Crippen LogP contribution in [0.2, 0.25) is 0 Å². The third-order valence-electron chi connectivity index (χ3n) is 5.76. The van der Waals surface area contributed by atoms with Gasteiger partial charge in [0.2, 0.25) is 0 Å². The fourth-order valence-electron chi connectivity index (χ4n) is 4.10. The van der Waals surface area contributed by atoms with Gasteiger partial charge in [-0.3, -0.25) is 9.59 Å². The van der Waals surface area contributed by atoms with E-state index in [0.717, 1.165) is 12.0 Å². The van der Waals surface area contributed by atoms with Gasteiger partial charge in [-0.2, -0.15) is 0 Å². The van der Waals surface area contributed by atoms with Crippen molar-refractivity contribution in [3.63, 3.8) is 0 Å². The van der Waals surface area contributed by atoms with E-state index in [9.17, 15) is 19.1 Å². The molecule has 0 radical (unpaired) electrons. The number of hydrogen-bond acceptors (Lipinski definition) is 4. The molecule has 4 rings (SSSR count). The highest BCUT2D eigenvalue weighted by Crippen LogP contribution is 2.40. The second-order valence-corrected chi connectivity index (χ2v) is 8.34. The maximum Gasteiger partial charge on any atom is 0.295 e. The predicted octanol–water partition coefficient (Wildman–Crippen LogP) is 5.54. The summed E-state index contributed by atoms with van der Waals surface area (Å²) in [5.41, 5.74) is 2.80. The number of rotatable bonds is 7. The molecule has 0 saturated carbocycles. The number of aliphatic hydroxyl groups is 1. The first kappa shape index (κ1) is 23.2. The standard InChI is InChI=1S/C28H26FNO4/c1-3-15-34-23-13-9-20(10-14-23)26(31)24-25(21-6-4-5-18(2)16-21)30(28(33)27(24)32)17-19-7-11-22(29)12-8-19/h4-14,16,25,31H,3,15,17H2,1-2H3/b26-24-. The van der Waals surface area contributed by atoms with Crippen molar-refractivity contribution in [1.29, 1.82) is 0 Å². The molecule has 6 heteroatoms. The smallest absolute Gasteiger partial charge is 0.295 e. The molecule has 1 aliphatic heterocycles. The molecule has 3 aromatic carbocycles. The summed E-state index contributed by atoms with van der Waals surface area (Å²) in [4.78, 5) is 27.7. The molecule has 1 unspecified atom stereocenters. The maximum atomic E-state index is 13.4. The van der Waals surface area contributed by atoms with Gasteiger partial charge in [0.15, 0.2) is 0 Å². The van der Waals surface area contributed by atoms with Crippen molar-refractivity contribution in [3.8, 4) is 5.75 Å². The average molecular weight is 460 g/mol. The third-order valence-corrected chi connectivity index (χ3v) is 5.76. The van der Waals surface area contributed by atoms with Crippen molar-refractivity contribution in [2.75, 3.05) is 6.61 Å². The number of likely N-dealkylation sites (tertiary alicyclic amines) is 1. The first-order chi connectivity index (χ1) is 16.4. The van der Waals surface area contributed by atoms with Crippen molar-refractivity contribution >= 4 is 17.4 Å². The van der Waals surface area contributed by atoms with E-state index < -0.39 is 17.7 Å². The lowest BCUT2D eigenvalue weighted by Gasteiger charge is -2.25. The van der Waals surface area contributed by atoms with Crippen LogP contribution in [0.25, 0.3) is 5.76 Å². The van der Waals surface area contributed by atoms with Gasteiger partial charge in [-0.25, -0.2) is 4.39 Å². The Labute approximate surface area is 198 Å². The topological polar surface area (TPSA) is 66.8 Å². The lowest BCUT2D eigenvalue weighted by Crippen LogP contribution is -2.29. The second-order valence-electron chi connectivity index (χ2n) is 8.34. The van der Waals surface area contributed by atoms with Crippen molar-refractivity contribution in [2.24, 2.45) is 0 Å². The highest BCUT2D eigenvalue weighted by atomic mass is 19.1. The molecule has 3 aromatic rings. The van der Waals surface area contributed by atoms with E-state index in [4.69, 9.17) is 4.74 Å². The zero-order valence-electron chi connectivity index (χ0n) is 19.1. The molecule has 1 heterocycles. The Bertz CT molecular complexity index is 1230. The molecule has 34 heavy (non-hydrogen) atoms. The number of amides is 1. The summed E-state index contributed by atoms with van der Waals surface area (Å²) >= 11 is 0. The molecule has 1 N–H and O–H groups in total. The molecule has 0 bridgehead atoms. The van der Waals surface area contributed by atoms with E-state index in [1.165, 1.54) is 17.0 Å². The summed E-state index contributed by atoms with van der Waals surface area (Å²) in [6.07, 6.45) is 0.871. The summed E-state index contributed by atoms with van der Waals surface area (Å²) in [6, 6.07) is 19.3. The lowest BCUT2D eigenvalue weighted by molar-refractivity contribution is -0.140. The van der Waals surface area contributed by atoms with Crippen molar-refractivity contribution in [2.45, 2.75) is 32.9 Å². The molecule has 0 spiro atoms. The molecule has 1 atom stereocenters. The Morgan fingerprint density at radius 2 is 1.74 bits per heavy atom. The van der Waals surface area contributed by atoms with E-state index in [2.05, 4.69) is 0 Å². The molecule has 5 nitrogen and oxygen atoms in total. The van der Waals surface area contributed by atoms with E-state index in [0.29, 0.717) is 29.0 Å². The van der Waals surface area contributed by atoms with Gasteiger partial charge in [-0.05, 0) is 60.9 Å². The van der Waals surface area contributed by atoms with Crippen LogP contribution < -0.4 is 4.74 Å². The summed E-state index contributed by atoms with van der Waals surface area (Å²) < 4.78 is 19.0. The van der Waals surface area contributed by atoms with Crippen molar-refractivity contribution in [3.05, 3.63) is 106 Å². The van der Waals surface area contributed by atoms with Gasteiger partial charge in [-0.15, -0.1) is 0 Å². The summed E-state index contributed by atoms with van der Waals surface area (Å²) in [7, 11) is 0. The molecule has 1 amide bonds. The third kappa shape index (κ3) is 4.71. The van der Waals surface area contributed by atoms with E-state index in [-0.39, 0.29) is 23.7 Å². The van der Waals surface area contributed by atoms with Crippen LogP contribution in [-0.4, -0.2) is 28.3 Å². The zero-order valence-corrected chi connectivity index (χ0v) is 19.1. The van der Waals surface area contributed by atoms with Gasteiger partial charge in [0.25, 0.3) is 11.7 Å². The minimum atomic E-state index is -0.777. The van der Waals surface area contributed by atoms with Crippen LogP contribution >= 0.6 is 0 Å². The Morgan fingerprint density at radius 1 is 1.03 bits per heavy atom. The van der Waals surface area contributed by atoms with Gasteiger partial charge >= 0.3 is 0 Å². The van der Waals surface area contributed by atoms with Crippen LogP contribution in [0.15, 0.2) is 78.4 Å². The number of halogens is 1. The summed E-state index contributed by atoms with van der Waals surface area (Å²) in [6.45, 7) is 4.61. The largest absolute Gasteiger partial charge is 0.507 e. The van der Waals surface area contributed by atoms with Crippen LogP contribution in [-0.2, 0) is 16.1 Å². The zero-order chi connectivity index (χ0) is 24.2.